The Hall–Kier alpha value is -1.79. The first-order valence-electron chi connectivity index (χ1n) is 5.29. The molecule has 0 atom stereocenters. The van der Waals surface area contributed by atoms with Crippen molar-refractivity contribution in [2.75, 3.05) is 6.61 Å². The first-order valence-corrected chi connectivity index (χ1v) is 5.67. The van der Waals surface area contributed by atoms with Crippen LogP contribution in [0.5, 0.6) is 5.88 Å². The lowest BCUT2D eigenvalue weighted by Crippen LogP contribution is -1.98. The lowest BCUT2D eigenvalue weighted by atomic mass is 10.1. The number of rotatable bonds is 2. The molecular weight excluding hydrogens is 236 g/mol. The van der Waals surface area contributed by atoms with Crippen molar-refractivity contribution in [3.63, 3.8) is 0 Å². The van der Waals surface area contributed by atoms with E-state index in [0.29, 0.717) is 23.1 Å². The molecule has 0 saturated heterocycles. The van der Waals surface area contributed by atoms with Crippen molar-refractivity contribution >= 4 is 22.5 Å². The maximum Gasteiger partial charge on any atom is 0.232 e. The third kappa shape index (κ3) is 2.17. The van der Waals surface area contributed by atoms with E-state index >= 15 is 0 Å². The van der Waals surface area contributed by atoms with Gasteiger partial charge in [0.15, 0.2) is 0 Å². The maximum absolute atomic E-state index is 9.03. The number of pyridine rings is 1. The molecular formula is C13H11ClN2O. The highest BCUT2D eigenvalue weighted by Crippen LogP contribution is 2.26. The van der Waals surface area contributed by atoms with E-state index in [2.05, 4.69) is 11.1 Å². The summed E-state index contributed by atoms with van der Waals surface area (Å²) in [6, 6.07) is 7.53. The van der Waals surface area contributed by atoms with Crippen LogP contribution in [0.1, 0.15) is 18.1 Å². The molecule has 0 saturated carbocycles. The van der Waals surface area contributed by atoms with Crippen molar-refractivity contribution < 1.29 is 4.74 Å². The van der Waals surface area contributed by atoms with Gasteiger partial charge in [-0.25, -0.2) is 4.98 Å². The van der Waals surface area contributed by atoms with E-state index in [-0.39, 0.29) is 0 Å². The van der Waals surface area contributed by atoms with Crippen molar-refractivity contribution in [3.8, 4) is 11.9 Å². The molecule has 86 valence electrons. The Morgan fingerprint density at radius 1 is 1.41 bits per heavy atom. The van der Waals surface area contributed by atoms with E-state index in [4.69, 9.17) is 21.6 Å². The minimum atomic E-state index is 0.379. The number of benzene rings is 1. The normalized spacial score (nSPS) is 10.2. The molecule has 1 aromatic heterocycles. The predicted molar refractivity (Wildman–Crippen MR) is 67.4 cm³/mol. The Kier molecular flexibility index (Phi) is 3.16. The largest absolute Gasteiger partial charge is 0.477 e. The van der Waals surface area contributed by atoms with Gasteiger partial charge in [0.25, 0.3) is 0 Å². The van der Waals surface area contributed by atoms with Gasteiger partial charge >= 0.3 is 0 Å². The van der Waals surface area contributed by atoms with Crippen LogP contribution in [-0.2, 0) is 0 Å². The fourth-order valence-corrected chi connectivity index (χ4v) is 1.78. The topological polar surface area (TPSA) is 45.9 Å². The standard InChI is InChI=1S/C13H11ClN2O/c1-3-17-13-10(7-15)5-9-6-11(14)8(2)4-12(9)16-13/h4-6H,3H2,1-2H3. The van der Waals surface area contributed by atoms with E-state index in [9.17, 15) is 0 Å². The predicted octanol–water partition coefficient (Wildman–Crippen LogP) is 3.47. The van der Waals surface area contributed by atoms with Gasteiger partial charge in [-0.1, -0.05) is 11.6 Å². The summed E-state index contributed by atoms with van der Waals surface area (Å²) in [6.45, 7) is 4.27. The van der Waals surface area contributed by atoms with E-state index in [0.717, 1.165) is 16.5 Å². The molecule has 1 aromatic carbocycles. The van der Waals surface area contributed by atoms with Gasteiger partial charge in [-0.15, -0.1) is 0 Å². The summed E-state index contributed by atoms with van der Waals surface area (Å²) in [5.74, 6) is 0.379. The fraction of sp³-hybridized carbons (Fsp3) is 0.231. The average molecular weight is 247 g/mol. The van der Waals surface area contributed by atoms with Gasteiger partial charge in [0.1, 0.15) is 11.6 Å². The summed E-state index contributed by atoms with van der Waals surface area (Å²) < 4.78 is 5.34. The highest BCUT2D eigenvalue weighted by Gasteiger charge is 2.09. The third-order valence-corrected chi connectivity index (χ3v) is 2.87. The molecule has 0 N–H and O–H groups in total. The molecule has 0 spiro atoms. The third-order valence-electron chi connectivity index (χ3n) is 2.46. The Bertz CT molecular complexity index is 617. The first-order chi connectivity index (χ1) is 8.15. The van der Waals surface area contributed by atoms with Gasteiger partial charge in [0.05, 0.1) is 12.1 Å². The fourth-order valence-electron chi connectivity index (χ4n) is 1.61. The van der Waals surface area contributed by atoms with Crippen molar-refractivity contribution in [1.82, 2.24) is 4.98 Å². The van der Waals surface area contributed by atoms with E-state index in [1.165, 1.54) is 0 Å². The summed E-state index contributed by atoms with van der Waals surface area (Å²) >= 11 is 6.04. The van der Waals surface area contributed by atoms with Crippen LogP contribution in [0.25, 0.3) is 10.9 Å². The number of ether oxygens (including phenoxy) is 1. The summed E-state index contributed by atoms with van der Waals surface area (Å²) in [5.41, 5.74) is 2.17. The number of halogens is 1. The molecule has 2 rings (SSSR count). The minimum absolute atomic E-state index is 0.379. The van der Waals surface area contributed by atoms with Crippen molar-refractivity contribution in [2.45, 2.75) is 13.8 Å². The maximum atomic E-state index is 9.03. The monoisotopic (exact) mass is 246 g/mol. The van der Waals surface area contributed by atoms with Crippen LogP contribution < -0.4 is 4.74 Å². The summed E-state index contributed by atoms with van der Waals surface area (Å²) in [4.78, 5) is 4.33. The van der Waals surface area contributed by atoms with Crippen LogP contribution in [0.3, 0.4) is 0 Å². The Morgan fingerprint density at radius 3 is 2.82 bits per heavy atom. The highest BCUT2D eigenvalue weighted by molar-refractivity contribution is 6.32. The van der Waals surface area contributed by atoms with Crippen LogP contribution in [-0.4, -0.2) is 11.6 Å². The molecule has 0 unspecified atom stereocenters. The number of hydrogen-bond acceptors (Lipinski definition) is 3. The number of nitrogens with zero attached hydrogens (tertiary/aromatic N) is 2. The highest BCUT2D eigenvalue weighted by atomic mass is 35.5. The smallest absolute Gasteiger partial charge is 0.232 e. The zero-order chi connectivity index (χ0) is 12.4. The molecule has 0 aliphatic heterocycles. The molecule has 17 heavy (non-hydrogen) atoms. The molecule has 0 radical (unpaired) electrons. The molecule has 0 amide bonds. The summed E-state index contributed by atoms with van der Waals surface area (Å²) in [7, 11) is 0. The van der Waals surface area contributed by atoms with E-state index < -0.39 is 0 Å². The second-order valence-electron chi connectivity index (χ2n) is 3.68. The SMILES string of the molecule is CCOc1nc2cc(C)c(Cl)cc2cc1C#N. The number of hydrogen-bond donors (Lipinski definition) is 0. The molecule has 2 aromatic rings. The molecule has 0 aliphatic rings. The number of aryl methyl sites for hydroxylation is 1. The quantitative estimate of drug-likeness (QED) is 0.815. The Balaban J connectivity index is 2.70. The summed E-state index contributed by atoms with van der Waals surface area (Å²) in [6.07, 6.45) is 0. The number of aromatic nitrogens is 1. The Labute approximate surface area is 105 Å². The molecule has 0 bridgehead atoms. The van der Waals surface area contributed by atoms with Crippen LogP contribution in [0.15, 0.2) is 18.2 Å². The van der Waals surface area contributed by atoms with Gasteiger partial charge in [-0.05, 0) is 37.6 Å². The molecule has 0 aliphatic carbocycles. The van der Waals surface area contributed by atoms with Crippen molar-refractivity contribution in [3.05, 3.63) is 34.3 Å². The zero-order valence-electron chi connectivity index (χ0n) is 9.62. The molecule has 0 fully saturated rings. The van der Waals surface area contributed by atoms with Gasteiger partial charge in [-0.3, -0.25) is 0 Å². The lowest BCUT2D eigenvalue weighted by Gasteiger charge is -2.07. The zero-order valence-corrected chi connectivity index (χ0v) is 10.4. The van der Waals surface area contributed by atoms with Gasteiger partial charge < -0.3 is 4.74 Å². The van der Waals surface area contributed by atoms with Gasteiger partial charge in [0, 0.05) is 10.4 Å². The van der Waals surface area contributed by atoms with Crippen LogP contribution in [0.2, 0.25) is 5.02 Å². The second kappa shape index (κ2) is 4.60. The van der Waals surface area contributed by atoms with Crippen molar-refractivity contribution in [1.29, 1.82) is 5.26 Å². The van der Waals surface area contributed by atoms with Crippen molar-refractivity contribution in [2.24, 2.45) is 0 Å². The molecule has 1 heterocycles. The van der Waals surface area contributed by atoms with Gasteiger partial charge in [0.2, 0.25) is 5.88 Å². The van der Waals surface area contributed by atoms with Crippen LogP contribution >= 0.6 is 11.6 Å². The average Bonchev–Trinajstić information content (AvgIpc) is 2.31. The van der Waals surface area contributed by atoms with Gasteiger partial charge in [-0.2, -0.15) is 5.26 Å². The van der Waals surface area contributed by atoms with E-state index in [1.54, 1.807) is 6.07 Å². The minimum Gasteiger partial charge on any atom is -0.477 e. The molecule has 3 nitrogen and oxygen atoms in total. The summed E-state index contributed by atoms with van der Waals surface area (Å²) in [5, 5.41) is 10.5. The lowest BCUT2D eigenvalue weighted by molar-refractivity contribution is 0.327. The first kappa shape index (κ1) is 11.7. The van der Waals surface area contributed by atoms with E-state index in [1.807, 2.05) is 26.0 Å². The van der Waals surface area contributed by atoms with Crippen LogP contribution in [0, 0.1) is 18.3 Å². The number of nitriles is 1. The second-order valence-corrected chi connectivity index (χ2v) is 4.09. The Morgan fingerprint density at radius 2 is 2.18 bits per heavy atom. The molecule has 4 heteroatoms. The van der Waals surface area contributed by atoms with Crippen LogP contribution in [0.4, 0.5) is 0 Å². The number of fused-ring (bicyclic) bond motifs is 1.